The van der Waals surface area contributed by atoms with Crippen LogP contribution in [0.4, 0.5) is 10.5 Å². The van der Waals surface area contributed by atoms with Crippen LogP contribution in [-0.2, 0) is 4.79 Å². The summed E-state index contributed by atoms with van der Waals surface area (Å²) in [6.45, 7) is 4.01. The summed E-state index contributed by atoms with van der Waals surface area (Å²) in [5.74, 6) is -0.132. The summed E-state index contributed by atoms with van der Waals surface area (Å²) < 4.78 is 0. The number of H-pyrrole nitrogens is 1. The minimum absolute atomic E-state index is 0.0347. The highest BCUT2D eigenvalue weighted by molar-refractivity contribution is 6.06. The second-order valence-electron chi connectivity index (χ2n) is 9.02. The van der Waals surface area contributed by atoms with Crippen LogP contribution < -0.4 is 10.2 Å². The predicted octanol–water partition coefficient (Wildman–Crippen LogP) is 2.27. The van der Waals surface area contributed by atoms with Crippen LogP contribution in [0.15, 0.2) is 18.2 Å². The Morgan fingerprint density at radius 2 is 1.97 bits per heavy atom. The van der Waals surface area contributed by atoms with Crippen LogP contribution in [-0.4, -0.2) is 88.3 Å². The summed E-state index contributed by atoms with van der Waals surface area (Å²) >= 11 is 0. The first-order valence-corrected chi connectivity index (χ1v) is 11.6. The predicted molar refractivity (Wildman–Crippen MR) is 124 cm³/mol. The molecule has 10 nitrogen and oxygen atoms in total. The summed E-state index contributed by atoms with van der Waals surface area (Å²) in [6, 6.07) is 7.12. The lowest BCUT2D eigenvalue weighted by atomic mass is 9.98. The third-order valence-electron chi connectivity index (χ3n) is 7.10. The molecule has 1 aromatic heterocycles. The van der Waals surface area contributed by atoms with E-state index in [0.717, 1.165) is 48.9 Å². The van der Waals surface area contributed by atoms with Gasteiger partial charge in [0.05, 0.1) is 5.52 Å². The number of fused-ring (bicyclic) bond motifs is 3. The van der Waals surface area contributed by atoms with E-state index in [1.165, 1.54) is 12.8 Å². The minimum Gasteiger partial charge on any atom is -0.483 e. The molecule has 1 aromatic carbocycles. The van der Waals surface area contributed by atoms with Crippen molar-refractivity contribution < 1.29 is 19.5 Å². The SMILES string of the molecule is CCCN1CCN(c2ccc3[nH]nc(C(=O)NC4C[C@H]5CC[C@@H](C4)N5C)c3c2)C1=O.O=CO. The summed E-state index contributed by atoms with van der Waals surface area (Å²) in [7, 11) is 2.20. The van der Waals surface area contributed by atoms with Gasteiger partial charge in [0.1, 0.15) is 0 Å². The highest BCUT2D eigenvalue weighted by Gasteiger charge is 2.39. The fourth-order valence-electron chi connectivity index (χ4n) is 5.43. The highest BCUT2D eigenvalue weighted by atomic mass is 16.3. The molecule has 10 heteroatoms. The minimum atomic E-state index is -0.250. The van der Waals surface area contributed by atoms with Crippen molar-refractivity contribution in [1.82, 2.24) is 25.3 Å². The van der Waals surface area contributed by atoms with Gasteiger partial charge in [-0.2, -0.15) is 5.10 Å². The fourth-order valence-corrected chi connectivity index (χ4v) is 5.43. The van der Waals surface area contributed by atoms with Gasteiger partial charge in [-0.1, -0.05) is 6.92 Å². The Labute approximate surface area is 192 Å². The first-order chi connectivity index (χ1) is 16.0. The number of amides is 3. The number of rotatable bonds is 5. The van der Waals surface area contributed by atoms with Crippen molar-refractivity contribution in [2.24, 2.45) is 0 Å². The molecule has 3 aliphatic rings. The van der Waals surface area contributed by atoms with Crippen LogP contribution >= 0.6 is 0 Å². The van der Waals surface area contributed by atoms with Crippen LogP contribution in [0, 0.1) is 0 Å². The van der Waals surface area contributed by atoms with Gasteiger partial charge >= 0.3 is 6.03 Å². The van der Waals surface area contributed by atoms with Crippen molar-refractivity contribution >= 4 is 35.0 Å². The smallest absolute Gasteiger partial charge is 0.324 e. The molecule has 2 aromatic rings. The lowest BCUT2D eigenvalue weighted by Gasteiger charge is -2.36. The number of aromatic nitrogens is 2. The number of urea groups is 1. The summed E-state index contributed by atoms with van der Waals surface area (Å²) in [5.41, 5.74) is 2.04. The van der Waals surface area contributed by atoms with E-state index < -0.39 is 0 Å². The zero-order chi connectivity index (χ0) is 23.5. The third-order valence-corrected chi connectivity index (χ3v) is 7.10. The topological polar surface area (TPSA) is 122 Å². The highest BCUT2D eigenvalue weighted by Crippen LogP contribution is 2.34. The molecule has 3 atom stereocenters. The zero-order valence-electron chi connectivity index (χ0n) is 19.2. The number of carbonyl (C=O) groups is 3. The Balaban J connectivity index is 0.000000821. The molecular formula is C23H32N6O4. The number of anilines is 1. The maximum Gasteiger partial charge on any atom is 0.324 e. The molecule has 5 rings (SSSR count). The lowest BCUT2D eigenvalue weighted by Crippen LogP contribution is -2.48. The molecule has 0 spiro atoms. The van der Waals surface area contributed by atoms with Gasteiger partial charge in [0, 0.05) is 48.8 Å². The van der Waals surface area contributed by atoms with Gasteiger partial charge < -0.3 is 20.2 Å². The number of benzene rings is 1. The maximum atomic E-state index is 13.0. The zero-order valence-corrected chi connectivity index (χ0v) is 19.2. The van der Waals surface area contributed by atoms with E-state index in [4.69, 9.17) is 9.90 Å². The van der Waals surface area contributed by atoms with E-state index in [9.17, 15) is 9.59 Å². The lowest BCUT2D eigenvalue weighted by molar-refractivity contribution is -0.122. The normalized spacial score (nSPS) is 24.7. The molecule has 3 N–H and O–H groups in total. The number of carbonyl (C=O) groups excluding carboxylic acids is 2. The van der Waals surface area contributed by atoms with Gasteiger partial charge in [-0.25, -0.2) is 4.79 Å². The molecule has 0 aliphatic carbocycles. The average Bonchev–Trinajstić information content (AvgIpc) is 3.42. The van der Waals surface area contributed by atoms with E-state index in [1.54, 1.807) is 4.90 Å². The number of aromatic amines is 1. The van der Waals surface area contributed by atoms with Crippen LogP contribution in [0.25, 0.3) is 10.9 Å². The van der Waals surface area contributed by atoms with Crippen molar-refractivity contribution in [2.45, 2.75) is 57.2 Å². The summed E-state index contributed by atoms with van der Waals surface area (Å²) in [6.07, 6.45) is 5.40. The Hall–Kier alpha value is -3.14. The van der Waals surface area contributed by atoms with Gasteiger partial charge in [-0.15, -0.1) is 0 Å². The Bertz CT molecular complexity index is 1010. The first-order valence-electron chi connectivity index (χ1n) is 11.6. The van der Waals surface area contributed by atoms with Crippen molar-refractivity contribution in [2.75, 3.05) is 31.6 Å². The molecule has 178 valence electrons. The maximum absolute atomic E-state index is 13.0. The van der Waals surface area contributed by atoms with Crippen LogP contribution in [0.2, 0.25) is 0 Å². The van der Waals surface area contributed by atoms with Gasteiger partial charge in [0.2, 0.25) is 0 Å². The average molecular weight is 457 g/mol. The van der Waals surface area contributed by atoms with Gasteiger partial charge in [-0.05, 0) is 57.4 Å². The monoisotopic (exact) mass is 456 g/mol. The molecule has 3 amide bonds. The van der Waals surface area contributed by atoms with Gasteiger partial charge in [-0.3, -0.25) is 19.6 Å². The molecule has 2 bridgehead atoms. The number of piperidine rings is 1. The van der Waals surface area contributed by atoms with Gasteiger partial charge in [0.15, 0.2) is 5.69 Å². The van der Waals surface area contributed by atoms with Crippen LogP contribution in [0.3, 0.4) is 0 Å². The number of nitrogens with zero attached hydrogens (tertiary/aromatic N) is 4. The summed E-state index contributed by atoms with van der Waals surface area (Å²) in [5, 5.41) is 18.1. The second-order valence-corrected chi connectivity index (χ2v) is 9.02. The van der Waals surface area contributed by atoms with E-state index in [-0.39, 0.29) is 24.5 Å². The molecule has 0 radical (unpaired) electrons. The molecule has 33 heavy (non-hydrogen) atoms. The molecule has 0 saturated carbocycles. The fraction of sp³-hybridized carbons (Fsp3) is 0.565. The third kappa shape index (κ3) is 4.52. The van der Waals surface area contributed by atoms with Gasteiger partial charge in [0.25, 0.3) is 12.4 Å². The second kappa shape index (κ2) is 9.78. The van der Waals surface area contributed by atoms with Crippen molar-refractivity contribution in [3.8, 4) is 0 Å². The largest absolute Gasteiger partial charge is 0.483 e. The Morgan fingerprint density at radius 3 is 2.64 bits per heavy atom. The number of nitrogens with one attached hydrogen (secondary N) is 2. The summed E-state index contributed by atoms with van der Waals surface area (Å²) in [4.78, 5) is 40.2. The molecule has 4 heterocycles. The number of hydrogen-bond donors (Lipinski definition) is 3. The Kier molecular flexibility index (Phi) is 6.83. The molecule has 3 aliphatic heterocycles. The Morgan fingerprint density at radius 1 is 1.27 bits per heavy atom. The first kappa shape index (κ1) is 23.0. The van der Waals surface area contributed by atoms with E-state index in [0.29, 0.717) is 24.3 Å². The molecular weight excluding hydrogens is 424 g/mol. The van der Waals surface area contributed by atoms with Crippen molar-refractivity contribution in [1.29, 1.82) is 0 Å². The standard InChI is InChI=1S/C22H30N6O2.CH2O2/c1-3-8-27-9-10-28(22(27)30)17-6-7-19-18(13-17)20(25-24-19)21(29)23-14-11-15-4-5-16(12-14)26(15)2;2-1-3/h6-7,13-16H,3-5,8-12H2,1-2H3,(H,23,29)(H,24,25);1H,(H,2,3)/t14?,15-,16+;. The molecule has 3 fully saturated rings. The van der Waals surface area contributed by atoms with Crippen LogP contribution in [0.5, 0.6) is 0 Å². The van der Waals surface area contributed by atoms with E-state index in [1.807, 2.05) is 23.1 Å². The van der Waals surface area contributed by atoms with E-state index >= 15 is 0 Å². The quantitative estimate of drug-likeness (QED) is 0.594. The number of hydrogen-bond acceptors (Lipinski definition) is 5. The molecule has 3 saturated heterocycles. The number of carboxylic acid groups (broad SMARTS) is 1. The van der Waals surface area contributed by atoms with Crippen LogP contribution in [0.1, 0.15) is 49.5 Å². The van der Waals surface area contributed by atoms with E-state index in [2.05, 4.69) is 34.4 Å². The van der Waals surface area contributed by atoms with Crippen molar-refractivity contribution in [3.63, 3.8) is 0 Å². The molecule has 1 unspecified atom stereocenters. The van der Waals surface area contributed by atoms with Crippen molar-refractivity contribution in [3.05, 3.63) is 23.9 Å².